The highest BCUT2D eigenvalue weighted by atomic mass is 32.1. The number of thiophene rings is 1. The van der Waals surface area contributed by atoms with Gasteiger partial charge in [0, 0.05) is 5.56 Å². The van der Waals surface area contributed by atoms with Gasteiger partial charge in [0.15, 0.2) is 0 Å². The third-order valence-electron chi connectivity index (χ3n) is 2.96. The molecule has 0 aliphatic carbocycles. The van der Waals surface area contributed by atoms with Gasteiger partial charge in [-0.05, 0) is 32.1 Å². The van der Waals surface area contributed by atoms with Crippen LogP contribution in [0.2, 0.25) is 0 Å². The highest BCUT2D eigenvalue weighted by Crippen LogP contribution is 2.38. The summed E-state index contributed by atoms with van der Waals surface area (Å²) in [5.74, 6) is 0.675. The maximum Gasteiger partial charge on any atom is 0.203 e. The Kier molecular flexibility index (Phi) is 3.60. The van der Waals surface area contributed by atoms with Gasteiger partial charge >= 0.3 is 0 Å². The predicted octanol–water partition coefficient (Wildman–Crippen LogP) is 3.55. The van der Waals surface area contributed by atoms with Gasteiger partial charge < -0.3 is 14.9 Å². The number of ether oxygens (including phenoxy) is 1. The minimum atomic E-state index is 0.397. The fourth-order valence-corrected chi connectivity index (χ4v) is 3.47. The summed E-state index contributed by atoms with van der Waals surface area (Å²) in [5, 5.41) is 1.19. The van der Waals surface area contributed by atoms with Crippen LogP contribution in [0.5, 0.6) is 0 Å². The number of anilines is 1. The van der Waals surface area contributed by atoms with Crippen LogP contribution in [0.3, 0.4) is 0 Å². The van der Waals surface area contributed by atoms with E-state index in [0.717, 1.165) is 26.4 Å². The maximum atomic E-state index is 6.26. The van der Waals surface area contributed by atoms with Crippen LogP contribution >= 0.6 is 23.6 Å². The van der Waals surface area contributed by atoms with Crippen LogP contribution in [-0.4, -0.2) is 21.6 Å². The first-order valence-electron chi connectivity index (χ1n) is 6.38. The molecule has 5 nitrogen and oxygen atoms in total. The summed E-state index contributed by atoms with van der Waals surface area (Å²) >= 11 is 6.69. The highest BCUT2D eigenvalue weighted by molar-refractivity contribution is 7.81. The Morgan fingerprint density at radius 1 is 1.48 bits per heavy atom. The summed E-state index contributed by atoms with van der Waals surface area (Å²) in [5.41, 5.74) is 8.44. The van der Waals surface area contributed by atoms with Gasteiger partial charge in [-0.15, -0.1) is 11.3 Å². The van der Waals surface area contributed by atoms with Crippen LogP contribution in [0.4, 0.5) is 5.69 Å². The fraction of sp³-hybridized carbons (Fsp3) is 0.214. The zero-order chi connectivity index (χ0) is 15.0. The zero-order valence-corrected chi connectivity index (χ0v) is 13.2. The van der Waals surface area contributed by atoms with E-state index in [-0.39, 0.29) is 0 Å². The number of hydrogen-bond donors (Lipinski definition) is 1. The molecule has 0 atom stereocenters. The van der Waals surface area contributed by atoms with E-state index in [0.29, 0.717) is 23.2 Å². The van der Waals surface area contributed by atoms with Crippen molar-refractivity contribution in [3.63, 3.8) is 0 Å². The standard InChI is InChI=1S/C14H13N3O2S2/c1-3-19-14(20)12-10(15)9-11(8-4-5-18-6-8)16-7(2)17-13(9)21-12/h4-6H,3,15H2,1-2H3. The third kappa shape index (κ3) is 2.38. The molecule has 3 rings (SSSR count). The summed E-state index contributed by atoms with van der Waals surface area (Å²) in [6.07, 6.45) is 3.24. The predicted molar refractivity (Wildman–Crippen MR) is 87.6 cm³/mol. The topological polar surface area (TPSA) is 74.2 Å². The average Bonchev–Trinajstić information content (AvgIpc) is 3.06. The van der Waals surface area contributed by atoms with Crippen molar-refractivity contribution in [3.8, 4) is 11.3 Å². The van der Waals surface area contributed by atoms with E-state index in [1.807, 2.05) is 19.9 Å². The second-order valence-corrected chi connectivity index (χ2v) is 5.75. The molecule has 3 aromatic rings. The molecule has 21 heavy (non-hydrogen) atoms. The number of aromatic nitrogens is 2. The summed E-state index contributed by atoms with van der Waals surface area (Å²) in [7, 11) is 0. The molecule has 0 saturated heterocycles. The number of nitrogen functional groups attached to an aromatic ring is 1. The Hall–Kier alpha value is -1.99. The first-order valence-corrected chi connectivity index (χ1v) is 7.60. The minimum Gasteiger partial charge on any atom is -0.483 e. The van der Waals surface area contributed by atoms with E-state index in [2.05, 4.69) is 9.97 Å². The second-order valence-electron chi connectivity index (χ2n) is 4.38. The normalized spacial score (nSPS) is 11.0. The van der Waals surface area contributed by atoms with Crippen molar-refractivity contribution in [3.05, 3.63) is 29.3 Å². The van der Waals surface area contributed by atoms with Crippen LogP contribution in [0, 0.1) is 6.92 Å². The van der Waals surface area contributed by atoms with Gasteiger partial charge in [0.05, 0.1) is 35.9 Å². The lowest BCUT2D eigenvalue weighted by atomic mass is 10.1. The number of rotatable bonds is 3. The molecule has 2 N–H and O–H groups in total. The molecular weight excluding hydrogens is 306 g/mol. The molecule has 0 fully saturated rings. The van der Waals surface area contributed by atoms with Crippen molar-refractivity contribution >= 4 is 44.5 Å². The third-order valence-corrected chi connectivity index (χ3v) is 4.51. The van der Waals surface area contributed by atoms with Crippen molar-refractivity contribution in [2.45, 2.75) is 13.8 Å². The average molecular weight is 319 g/mol. The molecule has 7 heteroatoms. The van der Waals surface area contributed by atoms with Crippen molar-refractivity contribution < 1.29 is 9.15 Å². The molecule has 0 unspecified atom stereocenters. The Labute approximate surface area is 130 Å². The summed E-state index contributed by atoms with van der Waals surface area (Å²) < 4.78 is 10.5. The van der Waals surface area contributed by atoms with Crippen molar-refractivity contribution in [2.75, 3.05) is 12.3 Å². The van der Waals surface area contributed by atoms with Crippen LogP contribution in [0.1, 0.15) is 17.6 Å². The summed E-state index contributed by atoms with van der Waals surface area (Å²) in [6, 6.07) is 1.85. The van der Waals surface area contributed by atoms with Crippen molar-refractivity contribution in [1.29, 1.82) is 0 Å². The van der Waals surface area contributed by atoms with E-state index in [9.17, 15) is 0 Å². The van der Waals surface area contributed by atoms with Gasteiger partial charge in [0.25, 0.3) is 0 Å². The zero-order valence-electron chi connectivity index (χ0n) is 11.5. The molecule has 3 heterocycles. The molecule has 3 aromatic heterocycles. The lowest BCUT2D eigenvalue weighted by molar-refractivity contribution is 0.338. The largest absolute Gasteiger partial charge is 0.483 e. The van der Waals surface area contributed by atoms with Crippen LogP contribution < -0.4 is 5.73 Å². The van der Waals surface area contributed by atoms with Gasteiger partial charge in [-0.25, -0.2) is 9.97 Å². The molecule has 0 saturated carbocycles. The molecule has 108 valence electrons. The van der Waals surface area contributed by atoms with E-state index >= 15 is 0 Å². The molecule has 0 bridgehead atoms. The Morgan fingerprint density at radius 2 is 2.29 bits per heavy atom. The second kappa shape index (κ2) is 5.42. The molecular formula is C14H13N3O2S2. The van der Waals surface area contributed by atoms with Gasteiger partial charge in [0.2, 0.25) is 5.05 Å². The molecule has 0 radical (unpaired) electrons. The SMILES string of the molecule is CCOC(=S)c1sc2nc(C)nc(-c3ccoc3)c2c1N. The summed E-state index contributed by atoms with van der Waals surface area (Å²) in [6.45, 7) is 4.24. The Morgan fingerprint density at radius 3 is 2.95 bits per heavy atom. The quantitative estimate of drug-likeness (QED) is 0.744. The highest BCUT2D eigenvalue weighted by Gasteiger charge is 2.20. The number of furan rings is 1. The van der Waals surface area contributed by atoms with Crippen LogP contribution in [-0.2, 0) is 4.74 Å². The monoisotopic (exact) mass is 319 g/mol. The number of nitrogens with two attached hydrogens (primary N) is 1. The first kappa shape index (κ1) is 14.0. The number of thiocarbonyl (C=S) groups is 1. The maximum absolute atomic E-state index is 6.26. The Balaban J connectivity index is 2.27. The van der Waals surface area contributed by atoms with E-state index < -0.39 is 0 Å². The number of nitrogens with zero attached hydrogens (tertiary/aromatic N) is 2. The first-order chi connectivity index (χ1) is 10.1. The van der Waals surface area contributed by atoms with E-state index in [1.165, 1.54) is 11.3 Å². The van der Waals surface area contributed by atoms with E-state index in [4.69, 9.17) is 27.1 Å². The van der Waals surface area contributed by atoms with Crippen molar-refractivity contribution in [2.24, 2.45) is 0 Å². The van der Waals surface area contributed by atoms with Gasteiger partial charge in [-0.3, -0.25) is 0 Å². The van der Waals surface area contributed by atoms with Crippen LogP contribution in [0.15, 0.2) is 23.0 Å². The lowest BCUT2D eigenvalue weighted by Crippen LogP contribution is -2.03. The van der Waals surface area contributed by atoms with Crippen LogP contribution in [0.25, 0.3) is 21.5 Å². The molecule has 0 spiro atoms. The molecule has 0 aromatic carbocycles. The molecule has 0 amide bonds. The van der Waals surface area contributed by atoms with Gasteiger partial charge in [-0.2, -0.15) is 0 Å². The number of fused-ring (bicyclic) bond motifs is 1. The fourth-order valence-electron chi connectivity index (χ4n) is 2.09. The number of aryl methyl sites for hydroxylation is 1. The molecule has 0 aliphatic rings. The van der Waals surface area contributed by atoms with E-state index in [1.54, 1.807) is 12.5 Å². The summed E-state index contributed by atoms with van der Waals surface area (Å²) in [4.78, 5) is 10.5. The number of hydrogen-bond acceptors (Lipinski definition) is 7. The lowest BCUT2D eigenvalue weighted by Gasteiger charge is -2.04. The molecule has 0 aliphatic heterocycles. The van der Waals surface area contributed by atoms with Gasteiger partial charge in [-0.1, -0.05) is 0 Å². The minimum absolute atomic E-state index is 0.397. The smallest absolute Gasteiger partial charge is 0.203 e. The Bertz CT molecular complexity index is 809. The van der Waals surface area contributed by atoms with Gasteiger partial charge in [0.1, 0.15) is 15.5 Å². The van der Waals surface area contributed by atoms with Crippen molar-refractivity contribution in [1.82, 2.24) is 9.97 Å².